The van der Waals surface area contributed by atoms with E-state index >= 15 is 0 Å². The van der Waals surface area contributed by atoms with Crippen LogP contribution in [0.1, 0.15) is 5.56 Å². The Morgan fingerprint density at radius 2 is 2.20 bits per heavy atom. The maximum atomic E-state index is 5.94. The van der Waals surface area contributed by atoms with Gasteiger partial charge < -0.3 is 10.5 Å². The van der Waals surface area contributed by atoms with Crippen LogP contribution in [0.15, 0.2) is 24.3 Å². The summed E-state index contributed by atoms with van der Waals surface area (Å²) < 4.78 is 5.28. The first kappa shape index (κ1) is 9.79. The summed E-state index contributed by atoms with van der Waals surface area (Å²) in [6, 6.07) is 7.63. The largest absolute Gasteiger partial charge is 0.457 e. The molecule has 0 unspecified atom stereocenters. The maximum absolute atomic E-state index is 5.94. The summed E-state index contributed by atoms with van der Waals surface area (Å²) in [6.45, 7) is 0.316. The van der Waals surface area contributed by atoms with Gasteiger partial charge in [-0.1, -0.05) is 29.8 Å². The topological polar surface area (TPSA) is 76.8 Å². The Morgan fingerprint density at radius 1 is 1.40 bits per heavy atom. The van der Waals surface area contributed by atoms with Gasteiger partial charge in [-0.25, -0.2) is 5.10 Å². The van der Waals surface area contributed by atoms with Crippen LogP contribution in [-0.2, 0) is 6.61 Å². The van der Waals surface area contributed by atoms with Gasteiger partial charge in [0.05, 0.1) is 0 Å². The number of H-pyrrole nitrogens is 1. The predicted molar refractivity (Wildman–Crippen MR) is 56.6 cm³/mol. The lowest BCUT2D eigenvalue weighted by Crippen LogP contribution is -1.97. The van der Waals surface area contributed by atoms with Gasteiger partial charge >= 0.3 is 6.01 Å². The number of nitrogens with two attached hydrogens (primary N) is 1. The number of aromatic nitrogens is 3. The molecular formula is C9H9ClN4O. The monoisotopic (exact) mass is 224 g/mol. The Morgan fingerprint density at radius 3 is 2.87 bits per heavy atom. The average molecular weight is 225 g/mol. The molecule has 3 N–H and O–H groups in total. The Labute approximate surface area is 91.2 Å². The number of aromatic amines is 1. The van der Waals surface area contributed by atoms with Gasteiger partial charge in [-0.3, -0.25) is 0 Å². The van der Waals surface area contributed by atoms with E-state index < -0.39 is 0 Å². The lowest BCUT2D eigenvalue weighted by atomic mass is 10.2. The minimum atomic E-state index is 0.215. The molecule has 0 saturated carbocycles. The predicted octanol–water partition coefficient (Wildman–Crippen LogP) is 1.62. The molecule has 0 aliphatic heterocycles. The van der Waals surface area contributed by atoms with Crippen LogP contribution in [0.5, 0.6) is 6.01 Å². The first-order valence-electron chi connectivity index (χ1n) is 4.30. The molecule has 0 aliphatic rings. The minimum absolute atomic E-state index is 0.215. The standard InChI is InChI=1S/C9H9ClN4O/c10-7-4-2-1-3-6(7)5-15-9-12-8(11)13-14-9/h1-4H,5H2,(H3,11,12,13,14). The van der Waals surface area contributed by atoms with Crippen molar-refractivity contribution in [1.82, 2.24) is 15.2 Å². The third-order valence-electron chi connectivity index (χ3n) is 1.80. The van der Waals surface area contributed by atoms with Gasteiger partial charge in [-0.2, -0.15) is 4.98 Å². The van der Waals surface area contributed by atoms with Crippen LogP contribution < -0.4 is 10.5 Å². The van der Waals surface area contributed by atoms with Gasteiger partial charge in [0.25, 0.3) is 0 Å². The summed E-state index contributed by atoms with van der Waals surface area (Å²) in [5, 5.41) is 6.87. The number of nitrogens with zero attached hydrogens (tertiary/aromatic N) is 2. The van der Waals surface area contributed by atoms with E-state index in [-0.39, 0.29) is 12.0 Å². The first-order valence-corrected chi connectivity index (χ1v) is 4.67. The summed E-state index contributed by atoms with van der Waals surface area (Å²) in [5.74, 6) is 0.226. The van der Waals surface area contributed by atoms with Crippen molar-refractivity contribution < 1.29 is 4.74 Å². The fourth-order valence-corrected chi connectivity index (χ4v) is 1.27. The van der Waals surface area contributed by atoms with E-state index in [0.717, 1.165) is 5.56 Å². The fourth-order valence-electron chi connectivity index (χ4n) is 1.08. The number of rotatable bonds is 3. The zero-order chi connectivity index (χ0) is 10.7. The molecule has 0 spiro atoms. The molecule has 0 radical (unpaired) electrons. The molecule has 1 heterocycles. The highest BCUT2D eigenvalue weighted by Crippen LogP contribution is 2.16. The summed E-state index contributed by atoms with van der Waals surface area (Å²) in [6.07, 6.45) is 0. The van der Waals surface area contributed by atoms with Crippen LogP contribution >= 0.6 is 11.6 Å². The van der Waals surface area contributed by atoms with Crippen molar-refractivity contribution in [3.63, 3.8) is 0 Å². The van der Waals surface area contributed by atoms with Crippen LogP contribution in [-0.4, -0.2) is 15.2 Å². The second-order valence-corrected chi connectivity index (χ2v) is 3.29. The van der Waals surface area contributed by atoms with Gasteiger partial charge in [-0.05, 0) is 6.07 Å². The van der Waals surface area contributed by atoms with Crippen molar-refractivity contribution in [2.75, 3.05) is 5.73 Å². The number of nitrogen functional groups attached to an aromatic ring is 1. The maximum Gasteiger partial charge on any atom is 0.337 e. The molecule has 78 valence electrons. The van der Waals surface area contributed by atoms with Crippen LogP contribution in [0.25, 0.3) is 0 Å². The van der Waals surface area contributed by atoms with Gasteiger partial charge in [0.1, 0.15) is 6.61 Å². The quantitative estimate of drug-likeness (QED) is 0.831. The molecule has 0 aliphatic carbocycles. The molecule has 1 aromatic carbocycles. The second-order valence-electron chi connectivity index (χ2n) is 2.88. The molecule has 0 saturated heterocycles. The second kappa shape index (κ2) is 4.18. The summed E-state index contributed by atoms with van der Waals surface area (Å²) in [7, 11) is 0. The van der Waals surface area contributed by atoms with Gasteiger partial charge in [0, 0.05) is 10.6 Å². The number of halogens is 1. The van der Waals surface area contributed by atoms with Crippen molar-refractivity contribution in [2.45, 2.75) is 6.61 Å². The Balaban J connectivity index is 2.02. The summed E-state index contributed by atoms with van der Waals surface area (Å²) >= 11 is 5.94. The van der Waals surface area contributed by atoms with E-state index in [4.69, 9.17) is 22.1 Å². The van der Waals surface area contributed by atoms with Crippen molar-refractivity contribution in [1.29, 1.82) is 0 Å². The zero-order valence-corrected chi connectivity index (χ0v) is 8.53. The molecular weight excluding hydrogens is 216 g/mol. The van der Waals surface area contributed by atoms with Crippen LogP contribution in [0.2, 0.25) is 5.02 Å². The third-order valence-corrected chi connectivity index (χ3v) is 2.17. The third kappa shape index (κ3) is 2.38. The molecule has 0 bridgehead atoms. The van der Waals surface area contributed by atoms with E-state index in [2.05, 4.69) is 15.2 Å². The number of benzene rings is 1. The van der Waals surface area contributed by atoms with Crippen molar-refractivity contribution in [2.24, 2.45) is 0 Å². The molecule has 2 aromatic rings. The lowest BCUT2D eigenvalue weighted by molar-refractivity contribution is 0.282. The number of anilines is 1. The fraction of sp³-hybridized carbons (Fsp3) is 0.111. The van der Waals surface area contributed by atoms with Crippen molar-refractivity contribution >= 4 is 17.5 Å². The highest BCUT2D eigenvalue weighted by molar-refractivity contribution is 6.31. The lowest BCUT2D eigenvalue weighted by Gasteiger charge is -2.03. The number of ether oxygens (including phenoxy) is 1. The SMILES string of the molecule is Nc1nc(OCc2ccccc2Cl)n[nH]1. The van der Waals surface area contributed by atoms with Gasteiger partial charge in [-0.15, -0.1) is 5.10 Å². The number of hydrogen-bond donors (Lipinski definition) is 2. The van der Waals surface area contributed by atoms with E-state index in [9.17, 15) is 0 Å². The van der Waals surface area contributed by atoms with Crippen molar-refractivity contribution in [3.05, 3.63) is 34.9 Å². The highest BCUT2D eigenvalue weighted by atomic mass is 35.5. The Kier molecular flexibility index (Phi) is 2.73. The van der Waals surface area contributed by atoms with Crippen molar-refractivity contribution in [3.8, 4) is 6.01 Å². The normalized spacial score (nSPS) is 10.2. The molecule has 6 heteroatoms. The first-order chi connectivity index (χ1) is 7.25. The van der Waals surface area contributed by atoms with Gasteiger partial charge in [0.2, 0.25) is 5.95 Å². The minimum Gasteiger partial charge on any atom is -0.457 e. The smallest absolute Gasteiger partial charge is 0.337 e. The number of nitrogens with one attached hydrogen (secondary N) is 1. The molecule has 0 amide bonds. The van der Waals surface area contributed by atoms with E-state index in [1.54, 1.807) is 6.07 Å². The molecule has 15 heavy (non-hydrogen) atoms. The summed E-state index contributed by atoms with van der Waals surface area (Å²) in [5.41, 5.74) is 6.22. The molecule has 1 aromatic heterocycles. The van der Waals surface area contributed by atoms with Crippen LogP contribution in [0.3, 0.4) is 0 Å². The molecule has 5 nitrogen and oxygen atoms in total. The van der Waals surface area contributed by atoms with E-state index in [0.29, 0.717) is 11.6 Å². The zero-order valence-electron chi connectivity index (χ0n) is 7.77. The average Bonchev–Trinajstić information content (AvgIpc) is 2.63. The van der Waals surface area contributed by atoms with E-state index in [1.165, 1.54) is 0 Å². The number of hydrogen-bond acceptors (Lipinski definition) is 4. The van der Waals surface area contributed by atoms with Crippen LogP contribution in [0.4, 0.5) is 5.95 Å². The molecule has 0 fully saturated rings. The van der Waals surface area contributed by atoms with Crippen LogP contribution in [0, 0.1) is 0 Å². The summed E-state index contributed by atoms with van der Waals surface area (Å²) in [4.78, 5) is 3.80. The Bertz CT molecular complexity index is 457. The molecule has 2 rings (SSSR count). The molecule has 0 atom stereocenters. The Hall–Kier alpha value is -1.75. The van der Waals surface area contributed by atoms with E-state index in [1.807, 2.05) is 18.2 Å². The van der Waals surface area contributed by atoms with Gasteiger partial charge in [0.15, 0.2) is 0 Å². The highest BCUT2D eigenvalue weighted by Gasteiger charge is 2.03.